The topological polar surface area (TPSA) is 69.4 Å². The van der Waals surface area contributed by atoms with Crippen LogP contribution in [-0.4, -0.2) is 25.8 Å². The van der Waals surface area contributed by atoms with Gasteiger partial charge in [-0.1, -0.05) is 5.92 Å². The number of hydrogen-bond acceptors (Lipinski definition) is 4. The van der Waals surface area contributed by atoms with Crippen molar-refractivity contribution in [2.75, 3.05) is 6.54 Å². The first-order chi connectivity index (χ1) is 6.31. The molecule has 0 rings (SSSR count). The van der Waals surface area contributed by atoms with E-state index in [0.717, 1.165) is 0 Å². The van der Waals surface area contributed by atoms with Crippen LogP contribution >= 0.6 is 0 Å². The zero-order chi connectivity index (χ0) is 11.2. The van der Waals surface area contributed by atoms with E-state index in [4.69, 9.17) is 4.43 Å². The Bertz CT molecular complexity index is 284. The molecule has 0 N–H and O–H groups in total. The molecule has 0 amide bonds. The molecular formula is C8H13NO4Si. The number of nitro groups is 1. The summed E-state index contributed by atoms with van der Waals surface area (Å²) in [6.45, 7) is 5.22. The molecule has 0 spiro atoms. The summed E-state index contributed by atoms with van der Waals surface area (Å²) in [5.41, 5.74) is 0. The van der Waals surface area contributed by atoms with Gasteiger partial charge in [-0.3, -0.25) is 14.9 Å². The quantitative estimate of drug-likeness (QED) is 0.305. The van der Waals surface area contributed by atoms with Crippen LogP contribution in [0.25, 0.3) is 0 Å². The zero-order valence-corrected chi connectivity index (χ0v) is 9.49. The van der Waals surface area contributed by atoms with Gasteiger partial charge in [-0.15, -0.1) is 0 Å². The molecule has 0 radical (unpaired) electrons. The monoisotopic (exact) mass is 215 g/mol. The predicted octanol–water partition coefficient (Wildman–Crippen LogP) is 1.03. The summed E-state index contributed by atoms with van der Waals surface area (Å²) in [4.78, 5) is 20.4. The second-order valence-electron chi connectivity index (χ2n) is 3.61. The fraction of sp³-hybridized carbons (Fsp3) is 0.625. The van der Waals surface area contributed by atoms with Crippen molar-refractivity contribution in [2.24, 2.45) is 0 Å². The summed E-state index contributed by atoms with van der Waals surface area (Å²) < 4.78 is 5.07. The Morgan fingerprint density at radius 2 is 2.00 bits per heavy atom. The molecule has 0 aliphatic rings. The molecule has 0 unspecified atom stereocenters. The van der Waals surface area contributed by atoms with Gasteiger partial charge in [0.05, 0.1) is 0 Å². The van der Waals surface area contributed by atoms with Gasteiger partial charge in [-0.2, -0.15) is 0 Å². The molecule has 14 heavy (non-hydrogen) atoms. The van der Waals surface area contributed by atoms with Gasteiger partial charge in [0.1, 0.15) is 6.42 Å². The Labute approximate surface area is 83.7 Å². The van der Waals surface area contributed by atoms with Crippen molar-refractivity contribution < 1.29 is 14.1 Å². The van der Waals surface area contributed by atoms with Crippen molar-refractivity contribution in [3.8, 4) is 11.8 Å². The Balaban J connectivity index is 3.84. The molecule has 0 bridgehead atoms. The molecule has 0 heterocycles. The van der Waals surface area contributed by atoms with Crippen LogP contribution in [-0.2, 0) is 9.22 Å². The molecule has 0 aromatic rings. The van der Waals surface area contributed by atoms with Crippen molar-refractivity contribution in [2.45, 2.75) is 26.1 Å². The highest BCUT2D eigenvalue weighted by molar-refractivity contribution is 6.71. The van der Waals surface area contributed by atoms with Gasteiger partial charge in [0.25, 0.3) is 6.54 Å². The van der Waals surface area contributed by atoms with Gasteiger partial charge in [0.15, 0.2) is 0 Å². The van der Waals surface area contributed by atoms with E-state index in [1.807, 2.05) is 19.6 Å². The van der Waals surface area contributed by atoms with E-state index < -0.39 is 25.8 Å². The Kier molecular flexibility index (Phi) is 4.87. The van der Waals surface area contributed by atoms with Crippen LogP contribution in [0.15, 0.2) is 0 Å². The van der Waals surface area contributed by atoms with Crippen molar-refractivity contribution in [1.29, 1.82) is 0 Å². The Morgan fingerprint density at radius 3 is 2.43 bits per heavy atom. The van der Waals surface area contributed by atoms with Gasteiger partial charge in [0, 0.05) is 4.92 Å². The molecule has 0 aliphatic heterocycles. The molecular weight excluding hydrogens is 202 g/mol. The minimum atomic E-state index is -1.85. The van der Waals surface area contributed by atoms with Crippen LogP contribution < -0.4 is 0 Å². The largest absolute Gasteiger partial charge is 0.519 e. The standard InChI is InChI=1S/C8H13NO4Si/c1-14(2,3)13-8(10)6-4-5-7-9(11)12/h6-7H2,1-3H3. The van der Waals surface area contributed by atoms with E-state index >= 15 is 0 Å². The highest BCUT2D eigenvalue weighted by atomic mass is 28.4. The highest BCUT2D eigenvalue weighted by Gasteiger charge is 2.18. The van der Waals surface area contributed by atoms with Crippen molar-refractivity contribution in [3.63, 3.8) is 0 Å². The van der Waals surface area contributed by atoms with Crippen LogP contribution in [0.2, 0.25) is 19.6 Å². The summed E-state index contributed by atoms with van der Waals surface area (Å²) in [6, 6.07) is 0. The van der Waals surface area contributed by atoms with E-state index in [9.17, 15) is 14.9 Å². The van der Waals surface area contributed by atoms with Gasteiger partial charge >= 0.3 is 5.97 Å². The minimum absolute atomic E-state index is 0.0713. The third kappa shape index (κ3) is 8.74. The van der Waals surface area contributed by atoms with Crippen LogP contribution in [0, 0.1) is 22.0 Å². The van der Waals surface area contributed by atoms with Crippen molar-refractivity contribution in [1.82, 2.24) is 0 Å². The smallest absolute Gasteiger partial charge is 0.304 e. The lowest BCUT2D eigenvalue weighted by Gasteiger charge is -2.15. The molecule has 5 nitrogen and oxygen atoms in total. The van der Waals surface area contributed by atoms with Gasteiger partial charge < -0.3 is 4.43 Å². The average Bonchev–Trinajstić information content (AvgIpc) is 1.94. The van der Waals surface area contributed by atoms with Crippen LogP contribution in [0.4, 0.5) is 0 Å². The van der Waals surface area contributed by atoms with E-state index in [0.29, 0.717) is 0 Å². The molecule has 78 valence electrons. The number of nitrogens with zero attached hydrogens (tertiary/aromatic N) is 1. The van der Waals surface area contributed by atoms with E-state index in [2.05, 4.69) is 11.8 Å². The SMILES string of the molecule is C[Si](C)(C)OC(=O)CC#CC[N+](=O)[O-]. The number of carbonyl (C=O) groups is 1. The lowest BCUT2D eigenvalue weighted by molar-refractivity contribution is -0.466. The van der Waals surface area contributed by atoms with Gasteiger partial charge in [0.2, 0.25) is 8.32 Å². The van der Waals surface area contributed by atoms with Crippen molar-refractivity contribution >= 4 is 14.3 Å². The molecule has 0 atom stereocenters. The second-order valence-corrected chi connectivity index (χ2v) is 8.04. The third-order valence-electron chi connectivity index (χ3n) is 0.986. The predicted molar refractivity (Wildman–Crippen MR) is 53.7 cm³/mol. The fourth-order valence-corrected chi connectivity index (χ4v) is 1.39. The first kappa shape index (κ1) is 12.6. The number of carbonyl (C=O) groups excluding carboxylic acids is 1. The first-order valence-corrected chi connectivity index (χ1v) is 7.51. The first-order valence-electron chi connectivity index (χ1n) is 4.10. The summed E-state index contributed by atoms with van der Waals surface area (Å²) in [5.74, 6) is 4.26. The molecule has 0 aliphatic carbocycles. The maximum Gasteiger partial charge on any atom is 0.304 e. The normalized spacial score (nSPS) is 9.93. The number of rotatable bonds is 3. The Morgan fingerprint density at radius 1 is 1.43 bits per heavy atom. The summed E-state index contributed by atoms with van der Waals surface area (Å²) in [7, 11) is -1.85. The summed E-state index contributed by atoms with van der Waals surface area (Å²) in [6.07, 6.45) is -0.0713. The van der Waals surface area contributed by atoms with Crippen LogP contribution in [0.3, 0.4) is 0 Å². The molecule has 0 aromatic carbocycles. The third-order valence-corrected chi connectivity index (χ3v) is 1.83. The number of hydrogen-bond donors (Lipinski definition) is 0. The maximum atomic E-state index is 11.0. The molecule has 6 heteroatoms. The molecule has 0 saturated carbocycles. The van der Waals surface area contributed by atoms with E-state index in [1.165, 1.54) is 0 Å². The zero-order valence-electron chi connectivity index (χ0n) is 8.49. The highest BCUT2D eigenvalue weighted by Crippen LogP contribution is 2.03. The summed E-state index contributed by atoms with van der Waals surface area (Å²) >= 11 is 0. The second kappa shape index (κ2) is 5.39. The summed E-state index contributed by atoms with van der Waals surface area (Å²) in [5, 5.41) is 9.87. The van der Waals surface area contributed by atoms with Crippen molar-refractivity contribution in [3.05, 3.63) is 10.1 Å². The molecule has 0 aromatic heterocycles. The lowest BCUT2D eigenvalue weighted by Crippen LogP contribution is -2.28. The van der Waals surface area contributed by atoms with E-state index in [-0.39, 0.29) is 6.42 Å². The average molecular weight is 215 g/mol. The van der Waals surface area contributed by atoms with Crippen LogP contribution in [0.5, 0.6) is 0 Å². The van der Waals surface area contributed by atoms with Gasteiger partial charge in [-0.25, -0.2) is 0 Å². The maximum absolute atomic E-state index is 11.0. The van der Waals surface area contributed by atoms with Gasteiger partial charge in [-0.05, 0) is 25.6 Å². The minimum Gasteiger partial charge on any atom is -0.519 e. The molecule has 0 fully saturated rings. The van der Waals surface area contributed by atoms with Crippen LogP contribution in [0.1, 0.15) is 6.42 Å². The Hall–Kier alpha value is -1.35. The van der Waals surface area contributed by atoms with E-state index in [1.54, 1.807) is 0 Å². The fourth-order valence-electron chi connectivity index (χ4n) is 0.633. The lowest BCUT2D eigenvalue weighted by atomic mass is 10.4. The molecule has 0 saturated heterocycles.